The van der Waals surface area contributed by atoms with Gasteiger partial charge in [-0.3, -0.25) is 0 Å². The normalized spacial score (nSPS) is 47.6. The highest BCUT2D eigenvalue weighted by Gasteiger charge is 2.26. The summed E-state index contributed by atoms with van der Waals surface area (Å²) < 4.78 is 5.03. The lowest BCUT2D eigenvalue weighted by atomic mass is 10.1. The van der Waals surface area contributed by atoms with Crippen molar-refractivity contribution >= 4 is 0 Å². The maximum absolute atomic E-state index is 8.85. The van der Waals surface area contributed by atoms with Crippen LogP contribution in [0.15, 0.2) is 0 Å². The fourth-order valence-electron chi connectivity index (χ4n) is 0.947. The zero-order valence-corrected chi connectivity index (χ0v) is 5.29. The van der Waals surface area contributed by atoms with E-state index in [1.807, 2.05) is 6.92 Å². The second kappa shape index (κ2) is 2.03. The maximum Gasteiger partial charge on any atom is 0.155 e. The van der Waals surface area contributed by atoms with Gasteiger partial charge in [0.15, 0.2) is 6.29 Å². The van der Waals surface area contributed by atoms with Crippen LogP contribution in [0.5, 0.6) is 0 Å². The first-order chi connectivity index (χ1) is 3.70. The van der Waals surface area contributed by atoms with E-state index in [1.165, 1.54) is 0 Å². The SMILES string of the molecule is CC1O[C@H](O)C[C@@H]1C. The van der Waals surface area contributed by atoms with Gasteiger partial charge < -0.3 is 9.84 Å². The first-order valence-electron chi connectivity index (χ1n) is 3.03. The first kappa shape index (κ1) is 6.05. The highest BCUT2D eigenvalue weighted by molar-refractivity contribution is 4.69. The molecule has 0 spiro atoms. The Morgan fingerprint density at radius 3 is 2.25 bits per heavy atom. The van der Waals surface area contributed by atoms with E-state index in [-0.39, 0.29) is 6.10 Å². The van der Waals surface area contributed by atoms with Gasteiger partial charge in [-0.1, -0.05) is 6.92 Å². The number of aliphatic hydroxyl groups excluding tert-OH is 1. The minimum atomic E-state index is -0.500. The summed E-state index contributed by atoms with van der Waals surface area (Å²) in [7, 11) is 0. The Bertz CT molecular complexity index is 72.6. The average Bonchev–Trinajstić information content (AvgIpc) is 1.85. The number of aliphatic hydroxyl groups is 1. The Balaban J connectivity index is 2.39. The molecule has 1 saturated heterocycles. The average molecular weight is 116 g/mol. The van der Waals surface area contributed by atoms with Crippen molar-refractivity contribution in [2.45, 2.75) is 32.7 Å². The predicted molar refractivity (Wildman–Crippen MR) is 30.3 cm³/mol. The zero-order valence-electron chi connectivity index (χ0n) is 5.29. The van der Waals surface area contributed by atoms with Crippen LogP contribution in [0.4, 0.5) is 0 Å². The molecule has 1 unspecified atom stereocenters. The molecule has 0 aromatic heterocycles. The van der Waals surface area contributed by atoms with Gasteiger partial charge >= 0.3 is 0 Å². The number of rotatable bonds is 0. The van der Waals surface area contributed by atoms with Gasteiger partial charge in [0.2, 0.25) is 0 Å². The van der Waals surface area contributed by atoms with E-state index in [4.69, 9.17) is 9.84 Å². The number of hydrogen-bond donors (Lipinski definition) is 1. The second-order valence-corrected chi connectivity index (χ2v) is 2.51. The van der Waals surface area contributed by atoms with Crippen molar-refractivity contribution < 1.29 is 9.84 Å². The van der Waals surface area contributed by atoms with Crippen LogP contribution in [0.3, 0.4) is 0 Å². The molecule has 48 valence electrons. The molecule has 1 heterocycles. The highest BCUT2D eigenvalue weighted by Crippen LogP contribution is 2.23. The Labute approximate surface area is 49.5 Å². The van der Waals surface area contributed by atoms with Gasteiger partial charge in [0.1, 0.15) is 0 Å². The van der Waals surface area contributed by atoms with Crippen molar-refractivity contribution in [2.24, 2.45) is 5.92 Å². The molecule has 0 aromatic carbocycles. The van der Waals surface area contributed by atoms with E-state index in [1.54, 1.807) is 0 Å². The minimum Gasteiger partial charge on any atom is -0.368 e. The summed E-state index contributed by atoms with van der Waals surface area (Å²) in [6, 6.07) is 0. The van der Waals surface area contributed by atoms with E-state index < -0.39 is 6.29 Å². The summed E-state index contributed by atoms with van der Waals surface area (Å²) in [5.41, 5.74) is 0. The van der Waals surface area contributed by atoms with Crippen molar-refractivity contribution in [3.63, 3.8) is 0 Å². The summed E-state index contributed by atoms with van der Waals surface area (Å²) in [4.78, 5) is 0. The largest absolute Gasteiger partial charge is 0.368 e. The summed E-state index contributed by atoms with van der Waals surface area (Å²) in [6.45, 7) is 4.07. The molecule has 8 heavy (non-hydrogen) atoms. The van der Waals surface area contributed by atoms with Gasteiger partial charge in [0, 0.05) is 6.42 Å². The van der Waals surface area contributed by atoms with Crippen LogP contribution in [-0.2, 0) is 4.74 Å². The molecule has 0 bridgehead atoms. The Morgan fingerprint density at radius 1 is 1.50 bits per heavy atom. The lowest BCUT2D eigenvalue weighted by Gasteiger charge is -2.04. The van der Waals surface area contributed by atoms with E-state index >= 15 is 0 Å². The quantitative estimate of drug-likeness (QED) is 0.506. The van der Waals surface area contributed by atoms with Crippen molar-refractivity contribution in [1.29, 1.82) is 0 Å². The molecule has 0 saturated carbocycles. The van der Waals surface area contributed by atoms with Crippen LogP contribution in [-0.4, -0.2) is 17.5 Å². The third-order valence-electron chi connectivity index (χ3n) is 1.75. The molecular formula is C6H12O2. The lowest BCUT2D eigenvalue weighted by molar-refractivity contribution is -0.0863. The summed E-state index contributed by atoms with van der Waals surface area (Å²) in [5.74, 6) is 0.519. The molecule has 0 radical (unpaired) electrons. The van der Waals surface area contributed by atoms with Gasteiger partial charge in [-0.15, -0.1) is 0 Å². The summed E-state index contributed by atoms with van der Waals surface area (Å²) in [5, 5.41) is 8.85. The second-order valence-electron chi connectivity index (χ2n) is 2.51. The zero-order chi connectivity index (χ0) is 6.15. The molecule has 3 atom stereocenters. The third-order valence-corrected chi connectivity index (χ3v) is 1.75. The fraction of sp³-hybridized carbons (Fsp3) is 1.00. The molecule has 0 aromatic rings. The molecule has 1 N–H and O–H groups in total. The van der Waals surface area contributed by atoms with Crippen LogP contribution < -0.4 is 0 Å². The first-order valence-corrected chi connectivity index (χ1v) is 3.03. The molecule has 1 aliphatic rings. The Kier molecular flexibility index (Phi) is 1.54. The molecule has 2 heteroatoms. The lowest BCUT2D eigenvalue weighted by Crippen LogP contribution is -2.07. The number of ether oxygens (including phenoxy) is 1. The molecule has 0 amide bonds. The smallest absolute Gasteiger partial charge is 0.155 e. The van der Waals surface area contributed by atoms with Gasteiger partial charge in [-0.05, 0) is 12.8 Å². The van der Waals surface area contributed by atoms with E-state index in [0.29, 0.717) is 5.92 Å². The molecular weight excluding hydrogens is 104 g/mol. The fourth-order valence-corrected chi connectivity index (χ4v) is 0.947. The van der Waals surface area contributed by atoms with Crippen molar-refractivity contribution in [3.8, 4) is 0 Å². The van der Waals surface area contributed by atoms with Crippen LogP contribution in [0.25, 0.3) is 0 Å². The van der Waals surface area contributed by atoms with E-state index in [9.17, 15) is 0 Å². The van der Waals surface area contributed by atoms with E-state index in [2.05, 4.69) is 6.92 Å². The third kappa shape index (κ3) is 1.01. The number of hydrogen-bond acceptors (Lipinski definition) is 2. The van der Waals surface area contributed by atoms with Crippen molar-refractivity contribution in [2.75, 3.05) is 0 Å². The van der Waals surface area contributed by atoms with Gasteiger partial charge in [-0.25, -0.2) is 0 Å². The van der Waals surface area contributed by atoms with Crippen LogP contribution >= 0.6 is 0 Å². The van der Waals surface area contributed by atoms with Crippen LogP contribution in [0.2, 0.25) is 0 Å². The molecule has 1 aliphatic heterocycles. The van der Waals surface area contributed by atoms with Crippen LogP contribution in [0.1, 0.15) is 20.3 Å². The molecule has 2 nitrogen and oxygen atoms in total. The van der Waals surface area contributed by atoms with Gasteiger partial charge in [-0.2, -0.15) is 0 Å². The monoisotopic (exact) mass is 116 g/mol. The maximum atomic E-state index is 8.85. The molecule has 1 fully saturated rings. The van der Waals surface area contributed by atoms with Crippen LogP contribution in [0, 0.1) is 5.92 Å². The molecule has 0 aliphatic carbocycles. The molecule has 1 rings (SSSR count). The Hall–Kier alpha value is -0.0800. The predicted octanol–water partition coefficient (Wildman–Crippen LogP) is 0.750. The van der Waals surface area contributed by atoms with Crippen molar-refractivity contribution in [3.05, 3.63) is 0 Å². The summed E-state index contributed by atoms with van der Waals surface area (Å²) in [6.07, 6.45) is 0.534. The van der Waals surface area contributed by atoms with E-state index in [0.717, 1.165) is 6.42 Å². The topological polar surface area (TPSA) is 29.5 Å². The standard InChI is InChI=1S/C6H12O2/c1-4-3-6(7)8-5(4)2/h4-7H,3H2,1-2H3/t4-,5?,6-/m0/s1. The van der Waals surface area contributed by atoms with Gasteiger partial charge in [0.05, 0.1) is 6.10 Å². The summed E-state index contributed by atoms with van der Waals surface area (Å²) >= 11 is 0. The Morgan fingerprint density at radius 2 is 2.12 bits per heavy atom. The van der Waals surface area contributed by atoms with Gasteiger partial charge in [0.25, 0.3) is 0 Å². The minimum absolute atomic E-state index is 0.241. The van der Waals surface area contributed by atoms with Crippen molar-refractivity contribution in [1.82, 2.24) is 0 Å². The highest BCUT2D eigenvalue weighted by atomic mass is 16.6.